The van der Waals surface area contributed by atoms with Gasteiger partial charge >= 0.3 is 0 Å². The number of nitrogens with two attached hydrogens (primary N) is 1. The zero-order valence-corrected chi connectivity index (χ0v) is 10.1. The minimum absolute atomic E-state index is 0.220. The van der Waals surface area contributed by atoms with Crippen LogP contribution in [0.1, 0.15) is 0 Å². The van der Waals surface area contributed by atoms with Gasteiger partial charge in [0.1, 0.15) is 11.6 Å². The smallest absolute Gasteiger partial charge is 0.240 e. The Bertz CT molecular complexity index is 517. The molecule has 0 aliphatic rings. The molecule has 1 aromatic heterocycles. The van der Waals surface area contributed by atoms with Crippen LogP contribution in [-0.4, -0.2) is 9.97 Å². The molecule has 0 fully saturated rings. The Morgan fingerprint density at radius 2 is 2.18 bits per heavy atom. The van der Waals surface area contributed by atoms with Gasteiger partial charge < -0.3 is 4.74 Å². The van der Waals surface area contributed by atoms with Crippen molar-refractivity contribution < 1.29 is 9.13 Å². The molecule has 0 aliphatic heterocycles. The number of nitrogen functional groups attached to an aromatic ring is 1. The molecule has 0 amide bonds. The van der Waals surface area contributed by atoms with Crippen LogP contribution in [-0.2, 0) is 0 Å². The minimum atomic E-state index is -0.402. The average molecular weight is 299 g/mol. The fraction of sp³-hybridized carbons (Fsp3) is 0. The minimum Gasteiger partial charge on any atom is -0.439 e. The van der Waals surface area contributed by atoms with Crippen LogP contribution in [0.2, 0.25) is 0 Å². The molecular weight excluding hydrogens is 291 g/mol. The van der Waals surface area contributed by atoms with Crippen LogP contribution in [0.4, 0.5) is 10.3 Å². The van der Waals surface area contributed by atoms with Gasteiger partial charge in [-0.15, -0.1) is 0 Å². The number of hydrogen-bond donors (Lipinski definition) is 2. The number of rotatable bonds is 3. The molecule has 7 heteroatoms. The highest BCUT2D eigenvalue weighted by Crippen LogP contribution is 2.24. The van der Waals surface area contributed by atoms with Gasteiger partial charge in [-0.2, -0.15) is 4.98 Å². The third-order valence-electron chi connectivity index (χ3n) is 1.82. The number of benzene rings is 1. The van der Waals surface area contributed by atoms with E-state index in [0.717, 1.165) is 0 Å². The van der Waals surface area contributed by atoms with Crippen LogP contribution in [0.3, 0.4) is 0 Å². The molecule has 3 N–H and O–H groups in total. The van der Waals surface area contributed by atoms with E-state index in [2.05, 4.69) is 31.3 Å². The lowest BCUT2D eigenvalue weighted by molar-refractivity contribution is 0.457. The number of hydrogen-bond acceptors (Lipinski definition) is 5. The van der Waals surface area contributed by atoms with Crippen LogP contribution in [0.5, 0.6) is 11.6 Å². The van der Waals surface area contributed by atoms with Gasteiger partial charge in [-0.3, -0.25) is 5.43 Å². The molecule has 0 saturated carbocycles. The van der Waals surface area contributed by atoms with Crippen molar-refractivity contribution in [1.29, 1.82) is 0 Å². The number of nitrogens with zero attached hydrogens (tertiary/aromatic N) is 2. The molecule has 2 rings (SSSR count). The molecule has 1 heterocycles. The van der Waals surface area contributed by atoms with Gasteiger partial charge in [0.25, 0.3) is 0 Å². The van der Waals surface area contributed by atoms with Crippen molar-refractivity contribution in [3.8, 4) is 11.6 Å². The molecule has 1 aromatic carbocycles. The highest BCUT2D eigenvalue weighted by atomic mass is 79.9. The zero-order chi connectivity index (χ0) is 12.3. The van der Waals surface area contributed by atoms with Gasteiger partial charge in [0, 0.05) is 22.8 Å². The quantitative estimate of drug-likeness (QED) is 0.673. The summed E-state index contributed by atoms with van der Waals surface area (Å²) in [6, 6.07) is 5.75. The lowest BCUT2D eigenvalue weighted by Crippen LogP contribution is -2.10. The average Bonchev–Trinajstić information content (AvgIpc) is 2.28. The first-order chi connectivity index (χ1) is 8.17. The molecule has 0 atom stereocenters. The number of halogens is 2. The van der Waals surface area contributed by atoms with E-state index in [9.17, 15) is 4.39 Å². The van der Waals surface area contributed by atoms with Crippen molar-refractivity contribution in [2.75, 3.05) is 5.43 Å². The first-order valence-corrected chi connectivity index (χ1v) is 5.40. The number of hydrazine groups is 1. The maximum absolute atomic E-state index is 13.1. The second kappa shape index (κ2) is 5.07. The summed E-state index contributed by atoms with van der Waals surface area (Å²) < 4.78 is 19.0. The van der Waals surface area contributed by atoms with Crippen molar-refractivity contribution in [1.82, 2.24) is 9.97 Å². The highest BCUT2D eigenvalue weighted by Gasteiger charge is 2.03. The number of nitrogens with one attached hydrogen (secondary N) is 1. The van der Waals surface area contributed by atoms with Crippen LogP contribution in [0.25, 0.3) is 0 Å². The van der Waals surface area contributed by atoms with Crippen molar-refractivity contribution in [2.45, 2.75) is 0 Å². The number of aromatic nitrogens is 2. The van der Waals surface area contributed by atoms with E-state index in [4.69, 9.17) is 10.6 Å². The summed E-state index contributed by atoms with van der Waals surface area (Å²) in [6.45, 7) is 0. The Kier molecular flexibility index (Phi) is 3.50. The topological polar surface area (TPSA) is 73.1 Å². The molecule has 0 radical (unpaired) electrons. The van der Waals surface area contributed by atoms with Crippen molar-refractivity contribution in [3.63, 3.8) is 0 Å². The Morgan fingerprint density at radius 3 is 2.88 bits per heavy atom. The molecular formula is C10H8BrFN4O. The zero-order valence-electron chi connectivity index (χ0n) is 8.52. The molecule has 0 bridgehead atoms. The Labute approximate surface area is 105 Å². The number of anilines is 1. The molecule has 17 heavy (non-hydrogen) atoms. The molecule has 0 unspecified atom stereocenters. The summed E-state index contributed by atoms with van der Waals surface area (Å²) in [4.78, 5) is 7.76. The maximum atomic E-state index is 13.1. The summed E-state index contributed by atoms with van der Waals surface area (Å²) in [5.74, 6) is 5.58. The van der Waals surface area contributed by atoms with Gasteiger partial charge in [0.2, 0.25) is 11.8 Å². The summed E-state index contributed by atoms with van der Waals surface area (Å²) in [5, 5.41) is 0. The second-order valence-electron chi connectivity index (χ2n) is 3.07. The van der Waals surface area contributed by atoms with Crippen LogP contribution < -0.4 is 16.0 Å². The third-order valence-corrected chi connectivity index (χ3v) is 2.28. The van der Waals surface area contributed by atoms with Crippen LogP contribution in [0, 0.1) is 5.82 Å². The molecule has 5 nitrogen and oxygen atoms in total. The van der Waals surface area contributed by atoms with Gasteiger partial charge in [-0.25, -0.2) is 15.2 Å². The standard InChI is InChI=1S/C10H8BrFN4O/c11-6-3-7(12)5-8(4-6)17-9-1-2-14-10(15-9)16-13/h1-5H,13H2,(H,14,15,16). The van der Waals surface area contributed by atoms with E-state index in [-0.39, 0.29) is 11.8 Å². The predicted molar refractivity (Wildman–Crippen MR) is 64.0 cm³/mol. The van der Waals surface area contributed by atoms with E-state index < -0.39 is 5.82 Å². The normalized spacial score (nSPS) is 10.1. The van der Waals surface area contributed by atoms with Crippen molar-refractivity contribution in [3.05, 3.63) is 40.8 Å². The molecule has 0 aliphatic carbocycles. The van der Waals surface area contributed by atoms with E-state index in [0.29, 0.717) is 10.2 Å². The van der Waals surface area contributed by atoms with Crippen LogP contribution in [0.15, 0.2) is 34.9 Å². The van der Waals surface area contributed by atoms with Crippen molar-refractivity contribution >= 4 is 21.9 Å². The summed E-state index contributed by atoms with van der Waals surface area (Å²) >= 11 is 3.17. The first-order valence-electron chi connectivity index (χ1n) is 4.61. The maximum Gasteiger partial charge on any atom is 0.240 e. The highest BCUT2D eigenvalue weighted by molar-refractivity contribution is 9.10. The lowest BCUT2D eigenvalue weighted by Gasteiger charge is -2.06. The Hall–Kier alpha value is -1.73. The molecule has 2 aromatic rings. The van der Waals surface area contributed by atoms with E-state index >= 15 is 0 Å². The van der Waals surface area contributed by atoms with Crippen molar-refractivity contribution in [2.24, 2.45) is 5.84 Å². The summed E-state index contributed by atoms with van der Waals surface area (Å²) in [7, 11) is 0. The van der Waals surface area contributed by atoms with E-state index in [1.54, 1.807) is 12.1 Å². The number of ether oxygens (including phenoxy) is 1. The summed E-state index contributed by atoms with van der Waals surface area (Å²) in [5.41, 5.74) is 2.29. The molecule has 88 valence electrons. The predicted octanol–water partition coefficient (Wildman–Crippen LogP) is 2.46. The lowest BCUT2D eigenvalue weighted by atomic mass is 10.3. The Morgan fingerprint density at radius 1 is 1.35 bits per heavy atom. The first kappa shape index (κ1) is 11.7. The van der Waals surface area contributed by atoms with E-state index in [1.807, 2.05) is 0 Å². The third kappa shape index (κ3) is 3.11. The monoisotopic (exact) mass is 298 g/mol. The SMILES string of the molecule is NNc1nccc(Oc2cc(F)cc(Br)c2)n1. The second-order valence-corrected chi connectivity index (χ2v) is 3.99. The van der Waals surface area contributed by atoms with Gasteiger partial charge in [0.15, 0.2) is 0 Å². The van der Waals surface area contributed by atoms with Crippen LogP contribution >= 0.6 is 15.9 Å². The van der Waals surface area contributed by atoms with Gasteiger partial charge in [-0.1, -0.05) is 15.9 Å². The fourth-order valence-electron chi connectivity index (χ4n) is 1.18. The summed E-state index contributed by atoms with van der Waals surface area (Å²) in [6.07, 6.45) is 1.48. The Balaban J connectivity index is 2.24. The van der Waals surface area contributed by atoms with Gasteiger partial charge in [0.05, 0.1) is 0 Å². The fourth-order valence-corrected chi connectivity index (χ4v) is 1.62. The molecule has 0 saturated heterocycles. The van der Waals surface area contributed by atoms with E-state index in [1.165, 1.54) is 18.3 Å². The van der Waals surface area contributed by atoms with Gasteiger partial charge in [-0.05, 0) is 12.1 Å². The largest absolute Gasteiger partial charge is 0.439 e. The molecule has 0 spiro atoms.